The van der Waals surface area contributed by atoms with Crippen LogP contribution in [-0.4, -0.2) is 11.1 Å². The first-order valence-electron chi connectivity index (χ1n) is 4.49. The lowest BCUT2D eigenvalue weighted by Gasteiger charge is -1.97. The van der Waals surface area contributed by atoms with Crippen LogP contribution in [0.4, 0.5) is 0 Å². The van der Waals surface area contributed by atoms with Gasteiger partial charge < -0.3 is 5.11 Å². The van der Waals surface area contributed by atoms with Gasteiger partial charge in [-0.3, -0.25) is 4.79 Å². The second-order valence-electron chi connectivity index (χ2n) is 2.91. The van der Waals surface area contributed by atoms with Crippen molar-refractivity contribution < 1.29 is 11.3 Å². The molecule has 0 saturated carbocycles. The van der Waals surface area contributed by atoms with E-state index < -0.39 is 5.97 Å². The molecule has 0 saturated heterocycles. The van der Waals surface area contributed by atoms with Crippen molar-refractivity contribution in [1.29, 1.82) is 0 Å². The lowest BCUT2D eigenvalue weighted by molar-refractivity contribution is -0.137. The molecule has 0 fully saturated rings. The number of carbonyl (C=O) groups is 1. The van der Waals surface area contributed by atoms with Crippen molar-refractivity contribution >= 4 is 5.97 Å². The van der Waals surface area contributed by atoms with Crippen molar-refractivity contribution in [3.8, 4) is 0 Å². The van der Waals surface area contributed by atoms with E-state index in [0.29, 0.717) is 6.42 Å². The molecule has 0 aliphatic carbocycles. The third-order valence-electron chi connectivity index (χ3n) is 1.74. The van der Waals surface area contributed by atoms with Gasteiger partial charge in [-0.05, 0) is 6.42 Å². The molecule has 0 aromatic carbocycles. The van der Waals surface area contributed by atoms with Crippen LogP contribution in [0.15, 0.2) is 0 Å². The second-order valence-corrected chi connectivity index (χ2v) is 2.91. The molecule has 0 atom stereocenters. The van der Waals surface area contributed by atoms with Crippen molar-refractivity contribution in [2.45, 2.75) is 51.9 Å². The Morgan fingerprint density at radius 1 is 1.18 bits per heavy atom. The molecule has 0 aliphatic heterocycles. The Morgan fingerprint density at radius 2 is 1.73 bits per heavy atom. The summed E-state index contributed by atoms with van der Waals surface area (Å²) >= 11 is 0. The standard InChI is InChI=1S/C9H18O2/c1-2-3-4-5-6-7-8-9(10)11/h2-8H2,1H3,(H,10,11)/p+1. The van der Waals surface area contributed by atoms with E-state index in [1.807, 2.05) is 0 Å². The van der Waals surface area contributed by atoms with Crippen molar-refractivity contribution in [3.63, 3.8) is 0 Å². The first-order chi connectivity index (χ1) is 5.27. The lowest BCUT2D eigenvalue weighted by atomic mass is 10.1. The molecule has 0 aromatic heterocycles. The van der Waals surface area contributed by atoms with Crippen LogP contribution in [-0.2, 0) is 4.79 Å². The van der Waals surface area contributed by atoms with Gasteiger partial charge in [0.15, 0.2) is 0 Å². The van der Waals surface area contributed by atoms with Gasteiger partial charge in [-0.25, -0.2) is 0 Å². The number of carboxylic acid groups (broad SMARTS) is 1. The summed E-state index contributed by atoms with van der Waals surface area (Å²) < 4.78 is 0. The van der Waals surface area contributed by atoms with Crippen LogP contribution < -0.4 is 0 Å². The van der Waals surface area contributed by atoms with Crippen LogP contribution in [0.5, 0.6) is 0 Å². The molecule has 0 aromatic rings. The monoisotopic (exact) mass is 159 g/mol. The van der Waals surface area contributed by atoms with E-state index in [1.54, 1.807) is 0 Å². The fourth-order valence-corrected chi connectivity index (χ4v) is 1.06. The van der Waals surface area contributed by atoms with E-state index in [4.69, 9.17) is 5.11 Å². The number of hydrogen-bond donors (Lipinski definition) is 1. The third-order valence-corrected chi connectivity index (χ3v) is 1.74. The normalized spacial score (nSPS) is 9.91. The average molecular weight is 159 g/mol. The summed E-state index contributed by atoms with van der Waals surface area (Å²) in [6, 6.07) is 0. The van der Waals surface area contributed by atoms with Crippen LogP contribution in [0.25, 0.3) is 0 Å². The van der Waals surface area contributed by atoms with Crippen LogP contribution in [0.1, 0.15) is 53.3 Å². The Balaban J connectivity index is 0. The van der Waals surface area contributed by atoms with Crippen LogP contribution >= 0.6 is 0 Å². The maximum Gasteiger partial charge on any atom is 1.00 e. The second kappa shape index (κ2) is 7.58. The van der Waals surface area contributed by atoms with Crippen molar-refractivity contribution in [3.05, 3.63) is 0 Å². The van der Waals surface area contributed by atoms with Gasteiger partial charge in [0.25, 0.3) is 0 Å². The van der Waals surface area contributed by atoms with Crippen molar-refractivity contribution in [2.75, 3.05) is 0 Å². The molecule has 0 bridgehead atoms. The predicted molar refractivity (Wildman–Crippen MR) is 46.7 cm³/mol. The molecule has 0 heterocycles. The molecule has 0 spiro atoms. The summed E-state index contributed by atoms with van der Waals surface area (Å²) in [5, 5.41) is 8.32. The Kier molecular flexibility index (Phi) is 7.21. The number of unbranched alkanes of at least 4 members (excludes halogenated alkanes) is 5. The molecule has 0 radical (unpaired) electrons. The quantitative estimate of drug-likeness (QED) is 0.580. The fraction of sp³-hybridized carbons (Fsp3) is 0.889. The lowest BCUT2D eigenvalue weighted by Crippen LogP contribution is -1.93. The van der Waals surface area contributed by atoms with Gasteiger partial charge >= 0.3 is 7.40 Å². The minimum absolute atomic E-state index is 0. The number of aliphatic carboxylic acids is 1. The van der Waals surface area contributed by atoms with E-state index in [9.17, 15) is 4.79 Å². The molecule has 1 N–H and O–H groups in total. The highest BCUT2D eigenvalue weighted by Gasteiger charge is 1.95. The van der Waals surface area contributed by atoms with Crippen molar-refractivity contribution in [2.24, 2.45) is 0 Å². The minimum atomic E-state index is -0.666. The highest BCUT2D eigenvalue weighted by molar-refractivity contribution is 5.66. The first-order valence-corrected chi connectivity index (χ1v) is 4.49. The molecule has 0 aliphatic rings. The van der Waals surface area contributed by atoms with Gasteiger partial charge in [-0.2, -0.15) is 0 Å². The molecule has 0 amide bonds. The highest BCUT2D eigenvalue weighted by atomic mass is 16.4. The Hall–Kier alpha value is -0.530. The predicted octanol–water partition coefficient (Wildman–Crippen LogP) is 2.93. The topological polar surface area (TPSA) is 37.3 Å². The van der Waals surface area contributed by atoms with E-state index in [1.165, 1.54) is 25.7 Å². The average Bonchev–Trinajstić information content (AvgIpc) is 1.96. The summed E-state index contributed by atoms with van der Waals surface area (Å²) in [6.45, 7) is 2.18. The van der Waals surface area contributed by atoms with E-state index in [0.717, 1.165) is 12.8 Å². The zero-order chi connectivity index (χ0) is 8.53. The number of hydrogen-bond acceptors (Lipinski definition) is 1. The molecular weight excluding hydrogens is 140 g/mol. The summed E-state index contributed by atoms with van der Waals surface area (Å²) in [6.07, 6.45) is 7.25. The van der Waals surface area contributed by atoms with Gasteiger partial charge in [0.1, 0.15) is 0 Å². The molecule has 0 rings (SSSR count). The van der Waals surface area contributed by atoms with Crippen LogP contribution in [0.2, 0.25) is 0 Å². The SMILES string of the molecule is CCCCCCCCC(=O)O.[H+]. The fourth-order valence-electron chi connectivity index (χ4n) is 1.06. The van der Waals surface area contributed by atoms with E-state index >= 15 is 0 Å². The van der Waals surface area contributed by atoms with Gasteiger partial charge in [-0.1, -0.05) is 39.0 Å². The minimum Gasteiger partial charge on any atom is -0.481 e. The zero-order valence-electron chi connectivity index (χ0n) is 8.31. The molecule has 2 nitrogen and oxygen atoms in total. The maximum atomic E-state index is 10.1. The van der Waals surface area contributed by atoms with Crippen LogP contribution in [0.3, 0.4) is 0 Å². The number of rotatable bonds is 7. The maximum absolute atomic E-state index is 10.1. The third kappa shape index (κ3) is 9.47. The van der Waals surface area contributed by atoms with Crippen LogP contribution in [0, 0.1) is 0 Å². The van der Waals surface area contributed by atoms with Gasteiger partial charge in [0, 0.05) is 6.42 Å². The molecular formula is C9H19O2+. The molecule has 11 heavy (non-hydrogen) atoms. The molecule has 0 unspecified atom stereocenters. The van der Waals surface area contributed by atoms with Gasteiger partial charge in [0.2, 0.25) is 0 Å². The van der Waals surface area contributed by atoms with Gasteiger partial charge in [0.05, 0.1) is 0 Å². The Bertz CT molecular complexity index is 105. The van der Waals surface area contributed by atoms with Gasteiger partial charge in [-0.15, -0.1) is 0 Å². The summed E-state index contributed by atoms with van der Waals surface area (Å²) in [5.41, 5.74) is 0. The molecule has 66 valence electrons. The summed E-state index contributed by atoms with van der Waals surface area (Å²) in [5.74, 6) is -0.666. The summed E-state index contributed by atoms with van der Waals surface area (Å²) in [4.78, 5) is 10.1. The smallest absolute Gasteiger partial charge is 0.481 e. The Morgan fingerprint density at radius 3 is 2.27 bits per heavy atom. The number of carboxylic acids is 1. The zero-order valence-corrected chi connectivity index (χ0v) is 7.31. The Labute approximate surface area is 70.1 Å². The highest BCUT2D eigenvalue weighted by Crippen LogP contribution is 2.06. The van der Waals surface area contributed by atoms with E-state index in [2.05, 4.69) is 6.92 Å². The molecule has 2 heteroatoms. The van der Waals surface area contributed by atoms with E-state index in [-0.39, 0.29) is 1.43 Å². The largest absolute Gasteiger partial charge is 1.00 e. The van der Waals surface area contributed by atoms with Crippen molar-refractivity contribution in [1.82, 2.24) is 0 Å². The summed E-state index contributed by atoms with van der Waals surface area (Å²) in [7, 11) is 0. The first kappa shape index (κ1) is 10.5.